The van der Waals surface area contributed by atoms with Crippen LogP contribution < -0.4 is 0 Å². The lowest BCUT2D eigenvalue weighted by Gasteiger charge is -2.12. The standard InChI is InChI=1S/C15H33O4P/c1-3-5-7-9-10-11-13-15-19-20(16,17)18-14-12-8-6-4-2/h3-15H2,1-2H3,(H,16,17). The number of phosphoric ester groups is 1. The van der Waals surface area contributed by atoms with Crippen LogP contribution in [0.4, 0.5) is 0 Å². The summed E-state index contributed by atoms with van der Waals surface area (Å²) in [7, 11) is -3.81. The Morgan fingerprint density at radius 1 is 0.700 bits per heavy atom. The average molecular weight is 308 g/mol. The van der Waals surface area contributed by atoms with Crippen LogP contribution in [-0.4, -0.2) is 18.1 Å². The SMILES string of the molecule is CCCCCCCCCOP(=O)(O)OCCCCCC. The van der Waals surface area contributed by atoms with Gasteiger partial charge in [0, 0.05) is 0 Å². The maximum atomic E-state index is 11.5. The second-order valence-electron chi connectivity index (χ2n) is 5.32. The van der Waals surface area contributed by atoms with E-state index in [4.69, 9.17) is 9.05 Å². The molecule has 0 aliphatic rings. The molecule has 0 aromatic carbocycles. The predicted molar refractivity (Wildman–Crippen MR) is 83.9 cm³/mol. The first-order valence-corrected chi connectivity index (χ1v) is 9.73. The van der Waals surface area contributed by atoms with Crippen LogP contribution in [0, 0.1) is 0 Å². The molecule has 4 nitrogen and oxygen atoms in total. The van der Waals surface area contributed by atoms with E-state index in [1.165, 1.54) is 32.1 Å². The second kappa shape index (κ2) is 14.1. The van der Waals surface area contributed by atoms with Crippen molar-refractivity contribution in [3.63, 3.8) is 0 Å². The molecule has 0 aliphatic heterocycles. The third kappa shape index (κ3) is 14.5. The van der Waals surface area contributed by atoms with E-state index in [9.17, 15) is 9.46 Å². The zero-order chi connectivity index (χ0) is 15.1. The highest BCUT2D eigenvalue weighted by Gasteiger charge is 2.19. The lowest BCUT2D eigenvalue weighted by molar-refractivity contribution is 0.145. The van der Waals surface area contributed by atoms with Gasteiger partial charge in [0.2, 0.25) is 0 Å². The van der Waals surface area contributed by atoms with E-state index >= 15 is 0 Å². The van der Waals surface area contributed by atoms with Gasteiger partial charge in [-0.3, -0.25) is 9.05 Å². The summed E-state index contributed by atoms with van der Waals surface area (Å²) in [5.74, 6) is 0. The third-order valence-electron chi connectivity index (χ3n) is 3.25. The van der Waals surface area contributed by atoms with Crippen molar-refractivity contribution in [2.75, 3.05) is 13.2 Å². The van der Waals surface area contributed by atoms with E-state index in [2.05, 4.69) is 13.8 Å². The average Bonchev–Trinajstić information content (AvgIpc) is 2.41. The topological polar surface area (TPSA) is 55.8 Å². The molecule has 0 aromatic heterocycles. The van der Waals surface area contributed by atoms with Crippen LogP contribution in [0.3, 0.4) is 0 Å². The van der Waals surface area contributed by atoms with E-state index in [0.717, 1.165) is 38.5 Å². The monoisotopic (exact) mass is 308 g/mol. The molecule has 0 amide bonds. The molecule has 0 spiro atoms. The zero-order valence-corrected chi connectivity index (χ0v) is 14.2. The summed E-state index contributed by atoms with van der Waals surface area (Å²) in [5, 5.41) is 0. The summed E-state index contributed by atoms with van der Waals surface area (Å²) in [5.41, 5.74) is 0. The van der Waals surface area contributed by atoms with Crippen LogP contribution in [0.15, 0.2) is 0 Å². The van der Waals surface area contributed by atoms with E-state index in [-0.39, 0.29) is 0 Å². The molecule has 0 bridgehead atoms. The molecule has 0 rings (SSSR count). The molecule has 5 heteroatoms. The Kier molecular flexibility index (Phi) is 14.1. The van der Waals surface area contributed by atoms with Gasteiger partial charge >= 0.3 is 7.82 Å². The molecular formula is C15H33O4P. The molecule has 1 atom stereocenters. The fraction of sp³-hybridized carbons (Fsp3) is 1.00. The van der Waals surface area contributed by atoms with Gasteiger partial charge in [0.15, 0.2) is 0 Å². The largest absolute Gasteiger partial charge is 0.472 e. The van der Waals surface area contributed by atoms with Crippen molar-refractivity contribution >= 4 is 7.82 Å². The molecule has 0 saturated heterocycles. The predicted octanol–water partition coefficient (Wildman–Crippen LogP) is 5.45. The molecule has 0 aliphatic carbocycles. The highest BCUT2D eigenvalue weighted by atomic mass is 31.2. The van der Waals surface area contributed by atoms with Crippen molar-refractivity contribution in [1.82, 2.24) is 0 Å². The molecule has 20 heavy (non-hydrogen) atoms. The highest BCUT2D eigenvalue weighted by Crippen LogP contribution is 2.43. The first-order valence-electron chi connectivity index (χ1n) is 8.24. The minimum Gasteiger partial charge on any atom is -0.302 e. The Bertz CT molecular complexity index is 246. The summed E-state index contributed by atoms with van der Waals surface area (Å²) < 4.78 is 21.4. The van der Waals surface area contributed by atoms with Gasteiger partial charge in [0.1, 0.15) is 0 Å². The molecule has 122 valence electrons. The Balaban J connectivity index is 3.36. The smallest absolute Gasteiger partial charge is 0.302 e. The fourth-order valence-corrected chi connectivity index (χ4v) is 2.78. The quantitative estimate of drug-likeness (QED) is 0.323. The Morgan fingerprint density at radius 3 is 1.50 bits per heavy atom. The summed E-state index contributed by atoms with van der Waals surface area (Å²) in [6.45, 7) is 4.96. The maximum absolute atomic E-state index is 11.5. The normalized spacial score (nSPS) is 14.3. The molecule has 0 fully saturated rings. The Hall–Kier alpha value is 0.110. The summed E-state index contributed by atoms with van der Waals surface area (Å²) >= 11 is 0. The van der Waals surface area contributed by atoms with E-state index in [0.29, 0.717) is 13.2 Å². The molecule has 0 saturated carbocycles. The lowest BCUT2D eigenvalue weighted by atomic mass is 10.1. The van der Waals surface area contributed by atoms with E-state index in [1.807, 2.05) is 0 Å². The Labute approximate surface area is 124 Å². The molecule has 0 radical (unpaired) electrons. The van der Waals surface area contributed by atoms with Gasteiger partial charge < -0.3 is 4.89 Å². The van der Waals surface area contributed by atoms with Gasteiger partial charge in [0.25, 0.3) is 0 Å². The van der Waals surface area contributed by atoms with E-state index < -0.39 is 7.82 Å². The number of unbranched alkanes of at least 4 members (excludes halogenated alkanes) is 9. The summed E-state index contributed by atoms with van der Waals surface area (Å²) in [6, 6.07) is 0. The minimum absolute atomic E-state index is 0.310. The van der Waals surface area contributed by atoms with Gasteiger partial charge in [-0.05, 0) is 12.8 Å². The van der Waals surface area contributed by atoms with Gasteiger partial charge in [-0.25, -0.2) is 4.57 Å². The highest BCUT2D eigenvalue weighted by molar-refractivity contribution is 7.47. The molecule has 1 N–H and O–H groups in total. The lowest BCUT2D eigenvalue weighted by Crippen LogP contribution is -1.99. The number of hydrogen-bond acceptors (Lipinski definition) is 3. The van der Waals surface area contributed by atoms with Gasteiger partial charge in [-0.1, -0.05) is 71.6 Å². The molecule has 1 unspecified atom stereocenters. The summed E-state index contributed by atoms with van der Waals surface area (Å²) in [6.07, 6.45) is 12.3. The number of rotatable bonds is 15. The first-order chi connectivity index (χ1) is 9.62. The summed E-state index contributed by atoms with van der Waals surface area (Å²) in [4.78, 5) is 9.45. The van der Waals surface area contributed by atoms with Gasteiger partial charge in [-0.2, -0.15) is 0 Å². The van der Waals surface area contributed by atoms with Crippen LogP contribution in [-0.2, 0) is 13.6 Å². The Morgan fingerprint density at radius 2 is 1.05 bits per heavy atom. The van der Waals surface area contributed by atoms with Crippen molar-refractivity contribution in [3.05, 3.63) is 0 Å². The van der Waals surface area contributed by atoms with Crippen molar-refractivity contribution in [1.29, 1.82) is 0 Å². The van der Waals surface area contributed by atoms with Gasteiger partial charge in [0.05, 0.1) is 13.2 Å². The van der Waals surface area contributed by atoms with Gasteiger partial charge in [-0.15, -0.1) is 0 Å². The minimum atomic E-state index is -3.81. The molecular weight excluding hydrogens is 275 g/mol. The van der Waals surface area contributed by atoms with Crippen molar-refractivity contribution in [3.8, 4) is 0 Å². The van der Waals surface area contributed by atoms with Crippen LogP contribution in [0.1, 0.15) is 84.5 Å². The maximum Gasteiger partial charge on any atom is 0.472 e. The fourth-order valence-electron chi connectivity index (χ4n) is 1.99. The number of phosphoric acid groups is 1. The van der Waals surface area contributed by atoms with Crippen molar-refractivity contribution in [2.24, 2.45) is 0 Å². The first kappa shape index (κ1) is 20.1. The van der Waals surface area contributed by atoms with Crippen LogP contribution in [0.5, 0.6) is 0 Å². The second-order valence-corrected chi connectivity index (χ2v) is 6.77. The van der Waals surface area contributed by atoms with Crippen molar-refractivity contribution < 1.29 is 18.5 Å². The van der Waals surface area contributed by atoms with E-state index in [1.54, 1.807) is 0 Å². The zero-order valence-electron chi connectivity index (χ0n) is 13.3. The molecule has 0 aromatic rings. The third-order valence-corrected chi connectivity index (χ3v) is 4.27. The van der Waals surface area contributed by atoms with Crippen LogP contribution in [0.25, 0.3) is 0 Å². The molecule has 0 heterocycles. The van der Waals surface area contributed by atoms with Crippen LogP contribution >= 0.6 is 7.82 Å². The van der Waals surface area contributed by atoms with Crippen molar-refractivity contribution in [2.45, 2.75) is 84.5 Å². The number of hydrogen-bond donors (Lipinski definition) is 1. The van der Waals surface area contributed by atoms with Crippen LogP contribution in [0.2, 0.25) is 0 Å².